The molecule has 0 aromatic rings. The fourth-order valence-corrected chi connectivity index (χ4v) is 3.61. The van der Waals surface area contributed by atoms with Gasteiger partial charge >= 0.3 is 12.1 Å². The van der Waals surface area contributed by atoms with Gasteiger partial charge in [-0.1, -0.05) is 96.8 Å². The number of carboxylic acids is 1. The Morgan fingerprint density at radius 2 is 1.18 bits per heavy atom. The number of carbonyl (C=O) groups is 3. The van der Waals surface area contributed by atoms with E-state index in [1.165, 1.54) is 77.0 Å². The molecule has 0 aliphatic carbocycles. The summed E-state index contributed by atoms with van der Waals surface area (Å²) in [5.41, 5.74) is -0.718. The van der Waals surface area contributed by atoms with Gasteiger partial charge in [-0.2, -0.15) is 0 Å². The van der Waals surface area contributed by atoms with Crippen LogP contribution in [0.4, 0.5) is 4.79 Å². The van der Waals surface area contributed by atoms with E-state index in [4.69, 9.17) is 4.74 Å². The Morgan fingerprint density at radius 3 is 1.58 bits per heavy atom. The summed E-state index contributed by atoms with van der Waals surface area (Å²) in [6.07, 6.45) is 18.6. The molecule has 7 nitrogen and oxygen atoms in total. The number of nitrogens with one attached hydrogen (secondary N) is 2. The van der Waals surface area contributed by atoms with Gasteiger partial charge in [0, 0.05) is 13.0 Å². The molecular formula is C26H50N2O5. The van der Waals surface area contributed by atoms with Crippen LogP contribution in [0.2, 0.25) is 0 Å². The minimum Gasteiger partial charge on any atom is -0.480 e. The van der Waals surface area contributed by atoms with Crippen LogP contribution in [0, 0.1) is 0 Å². The van der Waals surface area contributed by atoms with E-state index >= 15 is 0 Å². The number of aliphatic carboxylic acids is 1. The Hall–Kier alpha value is -1.79. The summed E-state index contributed by atoms with van der Waals surface area (Å²) in [7, 11) is 0. The van der Waals surface area contributed by atoms with Gasteiger partial charge < -0.3 is 20.5 Å². The van der Waals surface area contributed by atoms with Crippen molar-refractivity contribution in [1.29, 1.82) is 0 Å². The molecule has 3 N–H and O–H groups in total. The van der Waals surface area contributed by atoms with Crippen molar-refractivity contribution < 1.29 is 24.2 Å². The van der Waals surface area contributed by atoms with E-state index in [9.17, 15) is 19.5 Å². The predicted molar refractivity (Wildman–Crippen MR) is 133 cm³/mol. The van der Waals surface area contributed by atoms with E-state index in [-0.39, 0.29) is 12.5 Å². The molecule has 0 saturated carbocycles. The Morgan fingerprint density at radius 1 is 0.758 bits per heavy atom. The fourth-order valence-electron chi connectivity index (χ4n) is 3.61. The topological polar surface area (TPSA) is 105 Å². The summed E-state index contributed by atoms with van der Waals surface area (Å²) >= 11 is 0. The number of ether oxygens (including phenoxy) is 1. The smallest absolute Gasteiger partial charge is 0.408 e. The van der Waals surface area contributed by atoms with E-state index in [2.05, 4.69) is 17.6 Å². The summed E-state index contributed by atoms with van der Waals surface area (Å²) in [6.45, 7) is 7.18. The van der Waals surface area contributed by atoms with E-state index in [0.717, 1.165) is 19.3 Å². The molecule has 1 atom stereocenters. The minimum atomic E-state index is -1.22. The number of carboxylic acid groups (broad SMARTS) is 1. The highest BCUT2D eigenvalue weighted by atomic mass is 16.6. The lowest BCUT2D eigenvalue weighted by molar-refractivity contribution is -0.139. The Labute approximate surface area is 201 Å². The average Bonchev–Trinajstić information content (AvgIpc) is 2.72. The van der Waals surface area contributed by atoms with Crippen molar-refractivity contribution in [2.75, 3.05) is 6.54 Å². The molecule has 0 aromatic carbocycles. The zero-order chi connectivity index (χ0) is 25.0. The van der Waals surface area contributed by atoms with E-state index in [1.807, 2.05) is 0 Å². The Bertz CT molecular complexity index is 531. The molecule has 33 heavy (non-hydrogen) atoms. The van der Waals surface area contributed by atoms with Gasteiger partial charge in [0.1, 0.15) is 11.6 Å². The maximum Gasteiger partial charge on any atom is 0.408 e. The summed E-state index contributed by atoms with van der Waals surface area (Å²) in [5, 5.41) is 14.1. The first-order chi connectivity index (χ1) is 15.7. The molecule has 0 radical (unpaired) electrons. The maximum atomic E-state index is 12.0. The fraction of sp³-hybridized carbons (Fsp3) is 0.885. The van der Waals surface area contributed by atoms with Gasteiger partial charge in [-0.3, -0.25) is 4.79 Å². The van der Waals surface area contributed by atoms with Gasteiger partial charge in [0.05, 0.1) is 0 Å². The van der Waals surface area contributed by atoms with Crippen molar-refractivity contribution in [2.24, 2.45) is 0 Å². The van der Waals surface area contributed by atoms with Gasteiger partial charge in [0.25, 0.3) is 0 Å². The van der Waals surface area contributed by atoms with Crippen molar-refractivity contribution in [1.82, 2.24) is 10.6 Å². The molecular weight excluding hydrogens is 420 g/mol. The Kier molecular flexibility index (Phi) is 18.6. The number of alkyl carbamates (subject to hydrolysis) is 1. The summed E-state index contributed by atoms with van der Waals surface area (Å²) < 4.78 is 5.06. The molecule has 0 aromatic heterocycles. The van der Waals surface area contributed by atoms with E-state index < -0.39 is 23.7 Å². The highest BCUT2D eigenvalue weighted by Crippen LogP contribution is 2.13. The quantitative estimate of drug-likeness (QED) is 0.180. The van der Waals surface area contributed by atoms with Crippen LogP contribution >= 0.6 is 0 Å². The molecule has 0 heterocycles. The van der Waals surface area contributed by atoms with Crippen molar-refractivity contribution in [3.05, 3.63) is 0 Å². The predicted octanol–water partition coefficient (Wildman–Crippen LogP) is 6.34. The third-order valence-electron chi connectivity index (χ3n) is 5.50. The first-order valence-corrected chi connectivity index (χ1v) is 13.1. The maximum absolute atomic E-state index is 12.0. The van der Waals surface area contributed by atoms with Gasteiger partial charge in [-0.15, -0.1) is 0 Å². The number of hydrogen-bond acceptors (Lipinski definition) is 4. The molecule has 0 unspecified atom stereocenters. The zero-order valence-electron chi connectivity index (χ0n) is 21.7. The normalized spacial score (nSPS) is 12.2. The van der Waals surface area contributed by atoms with Crippen LogP contribution in [0.25, 0.3) is 0 Å². The molecule has 0 bridgehead atoms. The van der Waals surface area contributed by atoms with Crippen molar-refractivity contribution in [2.45, 2.75) is 142 Å². The zero-order valence-corrected chi connectivity index (χ0v) is 21.7. The summed E-state index contributed by atoms with van der Waals surface area (Å²) in [4.78, 5) is 35.0. The van der Waals surface area contributed by atoms with Crippen LogP contribution in [0.1, 0.15) is 130 Å². The Balaban J connectivity index is 3.64. The molecule has 0 saturated heterocycles. The standard InChI is InChI=1S/C26H50N2O5/c1-5-6-7-8-9-10-11-12-13-14-15-16-17-18-19-20-23(29)27-21-22(24(30)31)28-25(32)33-26(2,3)4/h22H,5-21H2,1-4H3,(H,27,29)(H,28,32)(H,30,31)/t22-/m0/s1. The van der Waals surface area contributed by atoms with Crippen molar-refractivity contribution >= 4 is 18.0 Å². The average molecular weight is 471 g/mol. The monoisotopic (exact) mass is 470 g/mol. The molecule has 0 spiro atoms. The second-order valence-electron chi connectivity index (χ2n) is 10.0. The number of carbonyl (C=O) groups excluding carboxylic acids is 2. The molecule has 7 heteroatoms. The molecule has 2 amide bonds. The number of unbranched alkanes of at least 4 members (excludes halogenated alkanes) is 14. The first kappa shape index (κ1) is 31.2. The molecule has 0 rings (SSSR count). The lowest BCUT2D eigenvalue weighted by atomic mass is 10.0. The lowest BCUT2D eigenvalue weighted by Gasteiger charge is -2.22. The number of rotatable bonds is 20. The van der Waals surface area contributed by atoms with Gasteiger partial charge in [-0.25, -0.2) is 9.59 Å². The van der Waals surface area contributed by atoms with Crippen molar-refractivity contribution in [3.63, 3.8) is 0 Å². The van der Waals surface area contributed by atoms with Gasteiger partial charge in [0.15, 0.2) is 0 Å². The minimum absolute atomic E-state index is 0.161. The van der Waals surface area contributed by atoms with Crippen LogP contribution < -0.4 is 10.6 Å². The summed E-state index contributed by atoms with van der Waals surface area (Å²) in [5.74, 6) is -1.41. The second-order valence-corrected chi connectivity index (χ2v) is 10.0. The molecule has 0 fully saturated rings. The van der Waals surface area contributed by atoms with Crippen LogP contribution in [-0.4, -0.2) is 41.3 Å². The van der Waals surface area contributed by atoms with E-state index in [1.54, 1.807) is 20.8 Å². The highest BCUT2D eigenvalue weighted by molar-refractivity contribution is 5.82. The lowest BCUT2D eigenvalue weighted by Crippen LogP contribution is -2.49. The van der Waals surface area contributed by atoms with Crippen LogP contribution in [0.3, 0.4) is 0 Å². The van der Waals surface area contributed by atoms with Gasteiger partial charge in [-0.05, 0) is 27.2 Å². The number of amides is 2. The SMILES string of the molecule is CCCCCCCCCCCCCCCCCC(=O)NC[C@H](NC(=O)OC(C)(C)C)C(=O)O. The largest absolute Gasteiger partial charge is 0.480 e. The third-order valence-corrected chi connectivity index (χ3v) is 5.50. The van der Waals surface area contributed by atoms with Crippen LogP contribution in [0.5, 0.6) is 0 Å². The van der Waals surface area contributed by atoms with E-state index in [0.29, 0.717) is 6.42 Å². The molecule has 0 aliphatic rings. The summed E-state index contributed by atoms with van der Waals surface area (Å²) in [6, 6.07) is -1.22. The van der Waals surface area contributed by atoms with Gasteiger partial charge in [0.2, 0.25) is 5.91 Å². The molecule has 0 aliphatic heterocycles. The molecule has 194 valence electrons. The van der Waals surface area contributed by atoms with Crippen molar-refractivity contribution in [3.8, 4) is 0 Å². The third kappa shape index (κ3) is 21.8. The number of hydrogen-bond donors (Lipinski definition) is 3. The van der Waals surface area contributed by atoms with Crippen LogP contribution in [-0.2, 0) is 14.3 Å². The van der Waals surface area contributed by atoms with Crippen LogP contribution in [0.15, 0.2) is 0 Å². The first-order valence-electron chi connectivity index (χ1n) is 13.1. The highest BCUT2D eigenvalue weighted by Gasteiger charge is 2.24. The second kappa shape index (κ2) is 19.7.